The van der Waals surface area contributed by atoms with Gasteiger partial charge in [0.15, 0.2) is 5.60 Å². The van der Waals surface area contributed by atoms with Crippen molar-refractivity contribution in [1.82, 2.24) is 5.32 Å². The van der Waals surface area contributed by atoms with Crippen molar-refractivity contribution in [2.75, 3.05) is 7.05 Å². The first-order valence-corrected chi connectivity index (χ1v) is 5.00. The summed E-state index contributed by atoms with van der Waals surface area (Å²) in [6.45, 7) is 1.34. The average Bonchev–Trinajstić information content (AvgIpc) is 2.28. The predicted molar refractivity (Wildman–Crippen MR) is 59.7 cm³/mol. The van der Waals surface area contributed by atoms with E-state index in [4.69, 9.17) is 0 Å². The van der Waals surface area contributed by atoms with Crippen LogP contribution in [0.4, 0.5) is 0 Å². The van der Waals surface area contributed by atoms with E-state index in [0.29, 0.717) is 5.56 Å². The van der Waals surface area contributed by atoms with E-state index in [-0.39, 0.29) is 12.2 Å². The highest BCUT2D eigenvalue weighted by Crippen LogP contribution is 2.25. The lowest BCUT2D eigenvalue weighted by molar-refractivity contribution is -0.145. The molecule has 0 aliphatic rings. The fraction of sp³-hybridized carbons (Fsp3) is 0.333. The highest BCUT2D eigenvalue weighted by atomic mass is 16.3. The summed E-state index contributed by atoms with van der Waals surface area (Å²) in [5.41, 5.74) is -1.36. The van der Waals surface area contributed by atoms with Crippen LogP contribution in [-0.4, -0.2) is 23.8 Å². The van der Waals surface area contributed by atoms with Gasteiger partial charge in [-0.3, -0.25) is 9.59 Å². The molecule has 0 heterocycles. The number of ketones is 1. The number of benzene rings is 1. The number of aliphatic hydroxyl groups is 1. The number of carbonyl (C=O) groups is 2. The van der Waals surface area contributed by atoms with E-state index < -0.39 is 11.5 Å². The fourth-order valence-corrected chi connectivity index (χ4v) is 1.59. The zero-order valence-corrected chi connectivity index (χ0v) is 9.36. The van der Waals surface area contributed by atoms with Crippen LogP contribution in [-0.2, 0) is 15.2 Å². The van der Waals surface area contributed by atoms with Crippen LogP contribution in [0.1, 0.15) is 18.9 Å². The van der Waals surface area contributed by atoms with E-state index in [1.54, 1.807) is 30.3 Å². The number of nitrogens with one attached hydrogen (secondary N) is 1. The third-order valence-electron chi connectivity index (χ3n) is 2.36. The second-order valence-electron chi connectivity index (χ2n) is 3.68. The largest absolute Gasteiger partial charge is 0.375 e. The summed E-state index contributed by atoms with van der Waals surface area (Å²) >= 11 is 0. The lowest BCUT2D eigenvalue weighted by Gasteiger charge is -2.25. The second kappa shape index (κ2) is 4.90. The van der Waals surface area contributed by atoms with Crippen LogP contribution in [0.15, 0.2) is 30.3 Å². The van der Waals surface area contributed by atoms with Crippen molar-refractivity contribution >= 4 is 11.7 Å². The maximum Gasteiger partial charge on any atom is 0.256 e. The Morgan fingerprint density at radius 2 is 1.88 bits per heavy atom. The third kappa shape index (κ3) is 2.46. The van der Waals surface area contributed by atoms with Crippen molar-refractivity contribution in [2.45, 2.75) is 18.9 Å². The van der Waals surface area contributed by atoms with Crippen molar-refractivity contribution in [3.8, 4) is 0 Å². The van der Waals surface area contributed by atoms with Gasteiger partial charge in [0.25, 0.3) is 5.91 Å². The molecular weight excluding hydrogens is 206 g/mol. The molecule has 1 aromatic carbocycles. The quantitative estimate of drug-likeness (QED) is 0.782. The van der Waals surface area contributed by atoms with E-state index in [1.165, 1.54) is 14.0 Å². The van der Waals surface area contributed by atoms with Gasteiger partial charge in [-0.15, -0.1) is 0 Å². The number of Topliss-reactive ketones (excluding diaryl/α,β-unsaturated/α-hetero) is 1. The van der Waals surface area contributed by atoms with Crippen molar-refractivity contribution in [1.29, 1.82) is 0 Å². The minimum atomic E-state index is -1.78. The first kappa shape index (κ1) is 12.4. The first-order chi connectivity index (χ1) is 7.50. The molecule has 1 unspecified atom stereocenters. The normalized spacial score (nSPS) is 13.9. The summed E-state index contributed by atoms with van der Waals surface area (Å²) in [7, 11) is 1.43. The molecule has 1 aromatic rings. The van der Waals surface area contributed by atoms with E-state index >= 15 is 0 Å². The Balaban J connectivity index is 3.14. The molecule has 0 aromatic heterocycles. The Bertz CT molecular complexity index is 389. The van der Waals surface area contributed by atoms with Crippen molar-refractivity contribution in [3.63, 3.8) is 0 Å². The third-order valence-corrected chi connectivity index (χ3v) is 2.36. The van der Waals surface area contributed by atoms with Crippen LogP contribution < -0.4 is 5.32 Å². The standard InChI is InChI=1S/C12H15NO3/c1-9(14)8-12(16,11(15)13-2)10-6-4-3-5-7-10/h3-7,16H,8H2,1-2H3,(H,13,15). The molecule has 1 rings (SSSR count). The van der Waals surface area contributed by atoms with Gasteiger partial charge in [-0.25, -0.2) is 0 Å². The molecule has 2 N–H and O–H groups in total. The first-order valence-electron chi connectivity index (χ1n) is 5.00. The Morgan fingerprint density at radius 1 is 1.31 bits per heavy atom. The lowest BCUT2D eigenvalue weighted by Crippen LogP contribution is -2.44. The van der Waals surface area contributed by atoms with E-state index in [1.807, 2.05) is 0 Å². The van der Waals surface area contributed by atoms with Gasteiger partial charge in [0.2, 0.25) is 0 Å². The SMILES string of the molecule is CNC(=O)C(O)(CC(C)=O)c1ccccc1. The van der Waals surface area contributed by atoms with Gasteiger partial charge >= 0.3 is 0 Å². The van der Waals surface area contributed by atoms with Gasteiger partial charge in [0, 0.05) is 13.5 Å². The topological polar surface area (TPSA) is 66.4 Å². The molecule has 0 aliphatic heterocycles. The summed E-state index contributed by atoms with van der Waals surface area (Å²) < 4.78 is 0. The number of carbonyl (C=O) groups excluding carboxylic acids is 2. The monoisotopic (exact) mass is 221 g/mol. The number of rotatable bonds is 4. The fourth-order valence-electron chi connectivity index (χ4n) is 1.59. The molecule has 0 aliphatic carbocycles. The number of hydrogen-bond donors (Lipinski definition) is 2. The molecule has 0 bridgehead atoms. The van der Waals surface area contributed by atoms with Crippen LogP contribution in [0.3, 0.4) is 0 Å². The molecule has 4 nitrogen and oxygen atoms in total. The summed E-state index contributed by atoms with van der Waals surface area (Å²) in [5.74, 6) is -0.816. The molecule has 16 heavy (non-hydrogen) atoms. The summed E-state index contributed by atoms with van der Waals surface area (Å²) in [4.78, 5) is 22.8. The number of likely N-dealkylation sites (N-methyl/N-ethyl adjacent to an activating group) is 1. The Hall–Kier alpha value is -1.68. The summed E-state index contributed by atoms with van der Waals surface area (Å²) in [6.07, 6.45) is -0.226. The van der Waals surface area contributed by atoms with Crippen LogP contribution in [0, 0.1) is 0 Å². The maximum absolute atomic E-state index is 11.7. The lowest BCUT2D eigenvalue weighted by atomic mass is 9.88. The molecule has 86 valence electrons. The Labute approximate surface area is 94.3 Å². The van der Waals surface area contributed by atoms with Gasteiger partial charge in [-0.05, 0) is 12.5 Å². The summed E-state index contributed by atoms with van der Waals surface area (Å²) in [5, 5.41) is 12.7. The maximum atomic E-state index is 11.7. The van der Waals surface area contributed by atoms with Crippen LogP contribution in [0.25, 0.3) is 0 Å². The summed E-state index contributed by atoms with van der Waals surface area (Å²) in [6, 6.07) is 8.45. The van der Waals surface area contributed by atoms with Gasteiger partial charge in [0.1, 0.15) is 5.78 Å². The van der Waals surface area contributed by atoms with Gasteiger partial charge in [-0.2, -0.15) is 0 Å². The molecule has 0 spiro atoms. The molecule has 4 heteroatoms. The van der Waals surface area contributed by atoms with E-state index in [2.05, 4.69) is 5.32 Å². The molecule has 0 radical (unpaired) electrons. The molecular formula is C12H15NO3. The Morgan fingerprint density at radius 3 is 2.31 bits per heavy atom. The smallest absolute Gasteiger partial charge is 0.256 e. The van der Waals surface area contributed by atoms with Gasteiger partial charge in [0.05, 0.1) is 0 Å². The van der Waals surface area contributed by atoms with Gasteiger partial charge < -0.3 is 10.4 Å². The average molecular weight is 221 g/mol. The van der Waals surface area contributed by atoms with E-state index in [0.717, 1.165) is 0 Å². The van der Waals surface area contributed by atoms with Crippen LogP contribution in [0.5, 0.6) is 0 Å². The van der Waals surface area contributed by atoms with Crippen molar-refractivity contribution in [3.05, 3.63) is 35.9 Å². The number of amides is 1. The second-order valence-corrected chi connectivity index (χ2v) is 3.68. The predicted octanol–water partition coefficient (Wildman–Crippen LogP) is 0.599. The molecule has 1 amide bonds. The van der Waals surface area contributed by atoms with Gasteiger partial charge in [-0.1, -0.05) is 30.3 Å². The molecule has 0 saturated carbocycles. The molecule has 1 atom stereocenters. The zero-order chi connectivity index (χ0) is 12.2. The highest BCUT2D eigenvalue weighted by Gasteiger charge is 2.38. The van der Waals surface area contributed by atoms with Crippen molar-refractivity contribution < 1.29 is 14.7 Å². The minimum absolute atomic E-state index is 0.226. The minimum Gasteiger partial charge on any atom is -0.375 e. The molecule has 0 fully saturated rings. The Kier molecular flexibility index (Phi) is 3.79. The molecule has 0 saturated heterocycles. The zero-order valence-electron chi connectivity index (χ0n) is 9.36. The van der Waals surface area contributed by atoms with Crippen LogP contribution in [0.2, 0.25) is 0 Å². The number of hydrogen-bond acceptors (Lipinski definition) is 3. The van der Waals surface area contributed by atoms with Crippen molar-refractivity contribution in [2.24, 2.45) is 0 Å². The van der Waals surface area contributed by atoms with E-state index in [9.17, 15) is 14.7 Å². The highest BCUT2D eigenvalue weighted by molar-refractivity contribution is 5.91. The van der Waals surface area contributed by atoms with Crippen LogP contribution >= 0.6 is 0 Å².